The number of nitrogens with one attached hydrogen (secondary N) is 2. The van der Waals surface area contributed by atoms with Gasteiger partial charge in [0.15, 0.2) is 5.78 Å². The lowest BCUT2D eigenvalue weighted by molar-refractivity contribution is -0.127. The Morgan fingerprint density at radius 2 is 1.84 bits per heavy atom. The van der Waals surface area contributed by atoms with Gasteiger partial charge in [0.1, 0.15) is 6.04 Å². The van der Waals surface area contributed by atoms with E-state index in [0.717, 1.165) is 24.9 Å². The number of hydrogen-bond acceptors (Lipinski definition) is 3. The zero-order valence-electron chi connectivity index (χ0n) is 11.6. The topological polar surface area (TPSA) is 58.2 Å². The van der Waals surface area contributed by atoms with Crippen LogP contribution in [0.1, 0.15) is 37.8 Å². The molecule has 0 bridgehead atoms. The molecule has 0 fully saturated rings. The van der Waals surface area contributed by atoms with E-state index >= 15 is 0 Å². The van der Waals surface area contributed by atoms with E-state index in [1.165, 1.54) is 6.92 Å². The Morgan fingerprint density at radius 1 is 1.16 bits per heavy atom. The van der Waals surface area contributed by atoms with E-state index in [1.807, 2.05) is 37.4 Å². The van der Waals surface area contributed by atoms with E-state index in [1.54, 1.807) is 0 Å². The van der Waals surface area contributed by atoms with E-state index in [-0.39, 0.29) is 11.7 Å². The molecule has 0 aliphatic heterocycles. The second-order valence-electron chi connectivity index (χ2n) is 4.58. The number of carbonyl (C=O) groups is 2. The van der Waals surface area contributed by atoms with Gasteiger partial charge < -0.3 is 10.6 Å². The predicted octanol–water partition coefficient (Wildman–Crippen LogP) is 1.82. The molecule has 0 saturated heterocycles. The Balaban J connectivity index is 2.51. The molecule has 1 rings (SSSR count). The van der Waals surface area contributed by atoms with Crippen molar-refractivity contribution in [1.29, 1.82) is 0 Å². The fraction of sp³-hybridized carbons (Fsp3) is 0.467. The van der Waals surface area contributed by atoms with Gasteiger partial charge in [-0.2, -0.15) is 0 Å². The molecule has 2 N–H and O–H groups in total. The van der Waals surface area contributed by atoms with Gasteiger partial charge in [-0.25, -0.2) is 0 Å². The number of ketones is 1. The van der Waals surface area contributed by atoms with Crippen molar-refractivity contribution in [1.82, 2.24) is 10.6 Å². The van der Waals surface area contributed by atoms with E-state index in [0.29, 0.717) is 6.42 Å². The standard InChI is InChI=1S/C15H22N2O2/c1-12(18)15(13-8-4-3-5-9-13)17-14(19)10-6-7-11-16-2/h3-5,8-9,15-16H,6-7,10-11H2,1-2H3,(H,17,19). The van der Waals surface area contributed by atoms with Crippen LogP contribution in [0.25, 0.3) is 0 Å². The molecule has 1 unspecified atom stereocenters. The lowest BCUT2D eigenvalue weighted by atomic mass is 10.0. The van der Waals surface area contributed by atoms with E-state index in [9.17, 15) is 9.59 Å². The predicted molar refractivity (Wildman–Crippen MR) is 75.8 cm³/mol. The van der Waals surface area contributed by atoms with Crippen LogP contribution >= 0.6 is 0 Å². The summed E-state index contributed by atoms with van der Waals surface area (Å²) in [4.78, 5) is 23.4. The Kier molecular flexibility index (Phi) is 6.82. The molecule has 19 heavy (non-hydrogen) atoms. The number of amides is 1. The van der Waals surface area contributed by atoms with Crippen molar-refractivity contribution in [3.63, 3.8) is 0 Å². The van der Waals surface area contributed by atoms with Crippen molar-refractivity contribution in [2.45, 2.75) is 32.2 Å². The molecule has 0 saturated carbocycles. The van der Waals surface area contributed by atoms with Gasteiger partial charge in [0.05, 0.1) is 0 Å². The minimum atomic E-state index is -0.530. The zero-order valence-corrected chi connectivity index (χ0v) is 11.6. The normalized spacial score (nSPS) is 11.9. The third kappa shape index (κ3) is 5.66. The number of Topliss-reactive ketones (excluding diaryl/α,β-unsaturated/α-hetero) is 1. The van der Waals surface area contributed by atoms with Crippen LogP contribution in [0.4, 0.5) is 0 Å². The molecule has 4 heteroatoms. The molecule has 0 spiro atoms. The summed E-state index contributed by atoms with van der Waals surface area (Å²) in [5.41, 5.74) is 0.832. The van der Waals surface area contributed by atoms with Crippen LogP contribution in [0.3, 0.4) is 0 Å². The van der Waals surface area contributed by atoms with E-state index in [4.69, 9.17) is 0 Å². The van der Waals surface area contributed by atoms with E-state index in [2.05, 4.69) is 10.6 Å². The molecule has 0 aliphatic rings. The Bertz CT molecular complexity index is 404. The van der Waals surface area contributed by atoms with Crippen LogP contribution in [0, 0.1) is 0 Å². The maximum atomic E-state index is 11.8. The molecular weight excluding hydrogens is 240 g/mol. The highest BCUT2D eigenvalue weighted by atomic mass is 16.2. The summed E-state index contributed by atoms with van der Waals surface area (Å²) in [5, 5.41) is 5.84. The Labute approximate surface area is 114 Å². The second kappa shape index (κ2) is 8.43. The molecule has 1 amide bonds. The Hall–Kier alpha value is -1.68. The third-order valence-electron chi connectivity index (χ3n) is 2.93. The molecule has 1 atom stereocenters. The number of benzene rings is 1. The van der Waals surface area contributed by atoms with Crippen LogP contribution in [0.5, 0.6) is 0 Å². The summed E-state index contributed by atoms with van der Waals surface area (Å²) in [5.74, 6) is -0.116. The monoisotopic (exact) mass is 262 g/mol. The van der Waals surface area contributed by atoms with Gasteiger partial charge in [-0.1, -0.05) is 30.3 Å². The number of rotatable bonds is 8. The van der Waals surface area contributed by atoms with E-state index < -0.39 is 6.04 Å². The highest BCUT2D eigenvalue weighted by Crippen LogP contribution is 2.13. The Morgan fingerprint density at radius 3 is 2.42 bits per heavy atom. The first-order valence-corrected chi connectivity index (χ1v) is 6.64. The van der Waals surface area contributed by atoms with Crippen LogP contribution in [-0.4, -0.2) is 25.3 Å². The summed E-state index contributed by atoms with van der Waals surface area (Å²) < 4.78 is 0. The summed E-state index contributed by atoms with van der Waals surface area (Å²) >= 11 is 0. The molecule has 4 nitrogen and oxygen atoms in total. The lowest BCUT2D eigenvalue weighted by Crippen LogP contribution is -2.32. The first kappa shape index (κ1) is 15.4. The largest absolute Gasteiger partial charge is 0.342 e. The van der Waals surface area contributed by atoms with Crippen LogP contribution < -0.4 is 10.6 Å². The fourth-order valence-electron chi connectivity index (χ4n) is 1.89. The summed E-state index contributed by atoms with van der Waals surface area (Å²) in [6.45, 7) is 2.40. The summed E-state index contributed by atoms with van der Waals surface area (Å²) in [6, 6.07) is 8.80. The SMILES string of the molecule is CNCCCCC(=O)NC(C(C)=O)c1ccccc1. The molecule has 0 aromatic heterocycles. The van der Waals surface area contributed by atoms with Gasteiger partial charge in [0.2, 0.25) is 5.91 Å². The van der Waals surface area contributed by atoms with Crippen LogP contribution in [0.2, 0.25) is 0 Å². The van der Waals surface area contributed by atoms with Crippen molar-refractivity contribution in [3.8, 4) is 0 Å². The maximum Gasteiger partial charge on any atom is 0.220 e. The summed E-state index contributed by atoms with van der Waals surface area (Å²) in [7, 11) is 1.89. The average molecular weight is 262 g/mol. The third-order valence-corrected chi connectivity index (χ3v) is 2.93. The van der Waals surface area contributed by atoms with Crippen LogP contribution in [-0.2, 0) is 9.59 Å². The van der Waals surface area contributed by atoms with Gasteiger partial charge in [0.25, 0.3) is 0 Å². The van der Waals surface area contributed by atoms with Crippen molar-refractivity contribution in [3.05, 3.63) is 35.9 Å². The van der Waals surface area contributed by atoms with Crippen molar-refractivity contribution in [2.24, 2.45) is 0 Å². The maximum absolute atomic E-state index is 11.8. The number of carbonyl (C=O) groups excluding carboxylic acids is 2. The van der Waals surface area contributed by atoms with Gasteiger partial charge in [-0.05, 0) is 38.9 Å². The van der Waals surface area contributed by atoms with Crippen molar-refractivity contribution >= 4 is 11.7 Å². The minimum Gasteiger partial charge on any atom is -0.342 e. The van der Waals surface area contributed by atoms with Gasteiger partial charge in [-0.15, -0.1) is 0 Å². The zero-order chi connectivity index (χ0) is 14.1. The molecule has 0 heterocycles. The fourth-order valence-corrected chi connectivity index (χ4v) is 1.89. The smallest absolute Gasteiger partial charge is 0.220 e. The number of hydrogen-bond donors (Lipinski definition) is 2. The number of unbranched alkanes of at least 4 members (excludes halogenated alkanes) is 1. The van der Waals surface area contributed by atoms with Gasteiger partial charge >= 0.3 is 0 Å². The first-order valence-electron chi connectivity index (χ1n) is 6.64. The minimum absolute atomic E-state index is 0.0465. The average Bonchev–Trinajstić information content (AvgIpc) is 2.41. The van der Waals surface area contributed by atoms with Crippen LogP contribution in [0.15, 0.2) is 30.3 Å². The first-order chi connectivity index (χ1) is 9.15. The molecule has 0 radical (unpaired) electrons. The van der Waals surface area contributed by atoms with Crippen molar-refractivity contribution < 1.29 is 9.59 Å². The molecular formula is C15H22N2O2. The molecule has 1 aromatic carbocycles. The second-order valence-corrected chi connectivity index (χ2v) is 4.58. The lowest BCUT2D eigenvalue weighted by Gasteiger charge is -2.16. The van der Waals surface area contributed by atoms with Crippen molar-refractivity contribution in [2.75, 3.05) is 13.6 Å². The molecule has 104 valence electrons. The quantitative estimate of drug-likeness (QED) is 0.703. The summed E-state index contributed by atoms with van der Waals surface area (Å²) in [6.07, 6.45) is 2.24. The molecule has 1 aromatic rings. The highest BCUT2D eigenvalue weighted by Gasteiger charge is 2.18. The van der Waals surface area contributed by atoms with Gasteiger partial charge in [-0.3, -0.25) is 9.59 Å². The molecule has 0 aliphatic carbocycles. The van der Waals surface area contributed by atoms with Gasteiger partial charge in [0, 0.05) is 6.42 Å². The highest BCUT2D eigenvalue weighted by molar-refractivity contribution is 5.88.